The third kappa shape index (κ3) is 5.95. The topological polar surface area (TPSA) is 80.2 Å². The van der Waals surface area contributed by atoms with Gasteiger partial charge in [-0.2, -0.15) is 0 Å². The van der Waals surface area contributed by atoms with Crippen LogP contribution >= 0.6 is 11.6 Å². The Bertz CT molecular complexity index is 1170. The maximum Gasteiger partial charge on any atom is 0.407 e. The molecule has 1 amide bonds. The molecule has 182 valence electrons. The van der Waals surface area contributed by atoms with Crippen LogP contribution in [0, 0.1) is 0 Å². The molecule has 7 heteroatoms. The van der Waals surface area contributed by atoms with Crippen LogP contribution in [0.3, 0.4) is 0 Å². The fourth-order valence-corrected chi connectivity index (χ4v) is 4.46. The molecule has 0 heterocycles. The molecule has 1 aliphatic carbocycles. The van der Waals surface area contributed by atoms with Crippen LogP contribution in [0.4, 0.5) is 4.79 Å². The Hall–Kier alpha value is -3.51. The highest BCUT2D eigenvalue weighted by atomic mass is 35.5. The number of nitrogens with zero attached hydrogens (tertiary/aromatic N) is 1. The molecule has 1 aliphatic rings. The smallest absolute Gasteiger partial charge is 0.407 e. The van der Waals surface area contributed by atoms with E-state index in [1.54, 1.807) is 0 Å². The molecule has 35 heavy (non-hydrogen) atoms. The molecule has 0 saturated carbocycles. The summed E-state index contributed by atoms with van der Waals surface area (Å²) in [7, 11) is 0. The summed E-state index contributed by atoms with van der Waals surface area (Å²) in [6.45, 7) is 6.12. The van der Waals surface area contributed by atoms with Crippen molar-refractivity contribution in [1.29, 1.82) is 0 Å². The average molecular weight is 493 g/mol. The van der Waals surface area contributed by atoms with Crippen LogP contribution in [0.25, 0.3) is 11.1 Å². The highest BCUT2D eigenvalue weighted by Gasteiger charge is 2.29. The Kier molecular flexibility index (Phi) is 7.31. The lowest BCUT2D eigenvalue weighted by Crippen LogP contribution is -2.41. The van der Waals surface area contributed by atoms with E-state index in [2.05, 4.69) is 34.7 Å². The number of fused-ring (bicyclic) bond motifs is 3. The summed E-state index contributed by atoms with van der Waals surface area (Å²) >= 11 is 6.11. The summed E-state index contributed by atoms with van der Waals surface area (Å²) in [5, 5.41) is 14.9. The first-order chi connectivity index (χ1) is 16.7. The highest BCUT2D eigenvalue weighted by Crippen LogP contribution is 2.44. The van der Waals surface area contributed by atoms with Crippen LogP contribution in [0.15, 0.2) is 78.0 Å². The summed E-state index contributed by atoms with van der Waals surface area (Å²) in [4.78, 5) is 12.7. The van der Waals surface area contributed by atoms with Gasteiger partial charge < -0.3 is 20.0 Å². The van der Waals surface area contributed by atoms with Crippen molar-refractivity contribution in [2.75, 3.05) is 6.61 Å². The maximum atomic E-state index is 12.7. The van der Waals surface area contributed by atoms with Crippen molar-refractivity contribution in [3.05, 3.63) is 89.5 Å². The fraction of sp³-hybridized carbons (Fsp3) is 0.286. The lowest BCUT2D eigenvalue weighted by Gasteiger charge is -2.22. The molecule has 4 rings (SSSR count). The third-order valence-electron chi connectivity index (χ3n) is 5.81. The molecule has 0 saturated heterocycles. The molecule has 0 spiro atoms. The number of rotatable bonds is 7. The minimum absolute atomic E-state index is 0.0519. The van der Waals surface area contributed by atoms with Gasteiger partial charge in [-0.05, 0) is 67.1 Å². The summed E-state index contributed by atoms with van der Waals surface area (Å²) in [5.41, 5.74) is 5.16. The first-order valence-corrected chi connectivity index (χ1v) is 11.9. The quantitative estimate of drug-likeness (QED) is 0.229. The number of carbonyl (C=O) groups is 1. The summed E-state index contributed by atoms with van der Waals surface area (Å²) in [6.07, 6.45) is -0.311. The molecule has 0 aliphatic heterocycles. The summed E-state index contributed by atoms with van der Waals surface area (Å²) in [5.74, 6) is 0.688. The molecule has 2 N–H and O–H groups in total. The highest BCUT2D eigenvalue weighted by molar-refractivity contribution is 6.66. The van der Waals surface area contributed by atoms with Gasteiger partial charge in [0.2, 0.25) is 0 Å². The summed E-state index contributed by atoms with van der Waals surface area (Å²) in [6, 6.07) is 23.0. The van der Waals surface area contributed by atoms with Crippen molar-refractivity contribution in [1.82, 2.24) is 5.32 Å². The van der Waals surface area contributed by atoms with E-state index in [-0.39, 0.29) is 23.3 Å². The zero-order chi connectivity index (χ0) is 25.0. The number of ether oxygens (including phenoxy) is 2. The normalized spacial score (nSPS) is 14.1. The van der Waals surface area contributed by atoms with Gasteiger partial charge >= 0.3 is 6.09 Å². The second-order valence-electron chi connectivity index (χ2n) is 9.51. The lowest BCUT2D eigenvalue weighted by molar-refractivity contribution is 0.131. The van der Waals surface area contributed by atoms with Crippen LogP contribution in [-0.4, -0.2) is 34.7 Å². The molecular weight excluding hydrogens is 464 g/mol. The number of hydrogen-bond donors (Lipinski definition) is 2. The van der Waals surface area contributed by atoms with Crippen LogP contribution in [0.5, 0.6) is 5.75 Å². The first kappa shape index (κ1) is 24.6. The molecule has 0 bridgehead atoms. The molecule has 0 aromatic heterocycles. The Balaban J connectivity index is 1.41. The van der Waals surface area contributed by atoms with E-state index in [0.717, 1.165) is 33.6 Å². The number of halogens is 1. The van der Waals surface area contributed by atoms with Crippen molar-refractivity contribution in [3.63, 3.8) is 0 Å². The van der Waals surface area contributed by atoms with Crippen LogP contribution in [-0.2, 0) is 11.2 Å². The first-order valence-electron chi connectivity index (χ1n) is 11.5. The van der Waals surface area contributed by atoms with Gasteiger partial charge in [-0.15, -0.1) is 0 Å². The van der Waals surface area contributed by atoms with E-state index in [0.29, 0.717) is 6.42 Å². The van der Waals surface area contributed by atoms with Gasteiger partial charge in [0.15, 0.2) is 5.17 Å². The van der Waals surface area contributed by atoms with Crippen molar-refractivity contribution in [3.8, 4) is 16.9 Å². The molecule has 1 atom stereocenters. The molecule has 3 aromatic rings. The average Bonchev–Trinajstić information content (AvgIpc) is 3.16. The number of benzene rings is 3. The zero-order valence-electron chi connectivity index (χ0n) is 20.0. The number of oxime groups is 1. The molecule has 0 unspecified atom stereocenters. The molecular formula is C28H29ClN2O4. The second kappa shape index (κ2) is 10.4. The fourth-order valence-electron chi connectivity index (χ4n) is 4.33. The Labute approximate surface area is 210 Å². The van der Waals surface area contributed by atoms with Crippen LogP contribution in [0.1, 0.15) is 43.4 Å². The van der Waals surface area contributed by atoms with E-state index in [1.165, 1.54) is 0 Å². The zero-order valence-corrected chi connectivity index (χ0v) is 20.8. The predicted molar refractivity (Wildman–Crippen MR) is 138 cm³/mol. The van der Waals surface area contributed by atoms with Gasteiger partial charge in [-0.1, -0.05) is 77.4 Å². The maximum absolute atomic E-state index is 12.7. The van der Waals surface area contributed by atoms with Crippen LogP contribution in [0.2, 0.25) is 0 Å². The number of amides is 1. The van der Waals surface area contributed by atoms with Crippen molar-refractivity contribution >= 4 is 22.9 Å². The Morgan fingerprint density at radius 3 is 2.11 bits per heavy atom. The van der Waals surface area contributed by atoms with Crippen molar-refractivity contribution in [2.45, 2.75) is 44.8 Å². The number of carbonyl (C=O) groups excluding carboxylic acids is 1. The van der Waals surface area contributed by atoms with Crippen LogP contribution < -0.4 is 10.1 Å². The van der Waals surface area contributed by atoms with Gasteiger partial charge in [0, 0.05) is 5.92 Å². The summed E-state index contributed by atoms with van der Waals surface area (Å²) < 4.78 is 11.5. The van der Waals surface area contributed by atoms with E-state index >= 15 is 0 Å². The number of nitrogens with one attached hydrogen (secondary N) is 1. The number of hydrogen-bond acceptors (Lipinski definition) is 5. The SMILES string of the molecule is CC(C)(C)Oc1ccc(C[C@H](NC(=O)OCC2c3ccccc3-c3ccccc32)/C(Cl)=N/O)cc1. The van der Waals surface area contributed by atoms with E-state index in [9.17, 15) is 10.0 Å². The van der Waals surface area contributed by atoms with Gasteiger partial charge in [-0.3, -0.25) is 0 Å². The van der Waals surface area contributed by atoms with Gasteiger partial charge in [0.05, 0.1) is 6.04 Å². The van der Waals surface area contributed by atoms with E-state index in [1.807, 2.05) is 69.3 Å². The monoisotopic (exact) mass is 492 g/mol. The van der Waals surface area contributed by atoms with Crippen molar-refractivity contribution < 1.29 is 19.5 Å². The standard InChI is InChI=1S/C28H29ClN2O4/c1-28(2,3)35-19-14-12-18(13-15-19)16-25(26(29)31-33)30-27(32)34-17-24-22-10-6-4-8-20(22)21-9-5-7-11-23(21)24/h4-15,24-25,33H,16-17H2,1-3H3,(H,30,32)/b31-26-/t25-/m0/s1. The second-order valence-corrected chi connectivity index (χ2v) is 9.89. The predicted octanol–water partition coefficient (Wildman–Crippen LogP) is 6.34. The Morgan fingerprint density at radius 2 is 1.57 bits per heavy atom. The van der Waals surface area contributed by atoms with E-state index < -0.39 is 12.1 Å². The Morgan fingerprint density at radius 1 is 1.00 bits per heavy atom. The van der Waals surface area contributed by atoms with Crippen molar-refractivity contribution in [2.24, 2.45) is 5.16 Å². The lowest BCUT2D eigenvalue weighted by atomic mass is 9.98. The molecule has 0 radical (unpaired) electrons. The third-order valence-corrected chi connectivity index (χ3v) is 6.15. The van der Waals surface area contributed by atoms with Gasteiger partial charge in [-0.25, -0.2) is 4.79 Å². The number of alkyl carbamates (subject to hydrolysis) is 1. The van der Waals surface area contributed by atoms with Gasteiger partial charge in [0.25, 0.3) is 0 Å². The molecule has 0 fully saturated rings. The van der Waals surface area contributed by atoms with E-state index in [4.69, 9.17) is 21.1 Å². The molecule has 3 aromatic carbocycles. The van der Waals surface area contributed by atoms with Gasteiger partial charge in [0.1, 0.15) is 18.0 Å². The minimum Gasteiger partial charge on any atom is -0.488 e. The largest absolute Gasteiger partial charge is 0.488 e. The molecule has 6 nitrogen and oxygen atoms in total. The minimum atomic E-state index is -0.744.